The summed E-state index contributed by atoms with van der Waals surface area (Å²) in [5.41, 5.74) is 2.23. The Balaban J connectivity index is 1.73. The van der Waals surface area contributed by atoms with Crippen LogP contribution in [0, 0.1) is 5.92 Å². The highest BCUT2D eigenvalue weighted by molar-refractivity contribution is 7.99. The van der Waals surface area contributed by atoms with E-state index in [9.17, 15) is 0 Å². The van der Waals surface area contributed by atoms with E-state index in [1.165, 1.54) is 4.90 Å². The second-order valence-electron chi connectivity index (χ2n) is 4.54. The number of nitrogens with zero attached hydrogens (tertiary/aromatic N) is 1. The van der Waals surface area contributed by atoms with Crippen LogP contribution >= 0.6 is 11.8 Å². The Hall–Kier alpha value is -1.74. The maximum absolute atomic E-state index is 5.59. The van der Waals surface area contributed by atoms with E-state index in [4.69, 9.17) is 4.84 Å². The monoisotopic (exact) mass is 269 g/mol. The van der Waals surface area contributed by atoms with Crippen molar-refractivity contribution in [3.63, 3.8) is 0 Å². The van der Waals surface area contributed by atoms with Crippen molar-refractivity contribution in [1.82, 2.24) is 0 Å². The molecule has 3 heteroatoms. The second kappa shape index (κ2) is 5.49. The molecule has 96 valence electrons. The van der Waals surface area contributed by atoms with Gasteiger partial charge in [0.1, 0.15) is 0 Å². The highest BCUT2D eigenvalue weighted by Crippen LogP contribution is 2.34. The molecule has 0 fully saturated rings. The number of hydrogen-bond acceptors (Lipinski definition) is 3. The van der Waals surface area contributed by atoms with Gasteiger partial charge in [-0.2, -0.15) is 0 Å². The molecule has 2 aromatic carbocycles. The summed E-state index contributed by atoms with van der Waals surface area (Å²) in [4.78, 5) is 6.80. The lowest BCUT2D eigenvalue weighted by molar-refractivity contribution is 0.131. The van der Waals surface area contributed by atoms with Crippen molar-refractivity contribution < 1.29 is 4.84 Å². The zero-order chi connectivity index (χ0) is 13.1. The van der Waals surface area contributed by atoms with Gasteiger partial charge >= 0.3 is 0 Å². The van der Waals surface area contributed by atoms with Crippen molar-refractivity contribution in [2.75, 3.05) is 0 Å². The first-order valence-corrected chi connectivity index (χ1v) is 7.23. The van der Waals surface area contributed by atoms with Gasteiger partial charge in [-0.05, 0) is 17.7 Å². The number of thioether (sulfide) groups is 1. The molecule has 0 bridgehead atoms. The Kier molecular flexibility index (Phi) is 3.56. The summed E-state index contributed by atoms with van der Waals surface area (Å²) in [6, 6.07) is 20.5. The third kappa shape index (κ3) is 2.66. The number of benzene rings is 2. The molecule has 1 heterocycles. The van der Waals surface area contributed by atoms with Crippen molar-refractivity contribution in [1.29, 1.82) is 0 Å². The van der Waals surface area contributed by atoms with Crippen LogP contribution in [-0.2, 0) is 4.84 Å². The lowest BCUT2D eigenvalue weighted by Crippen LogP contribution is -2.17. The van der Waals surface area contributed by atoms with E-state index in [1.54, 1.807) is 11.8 Å². The maximum atomic E-state index is 5.59. The highest BCUT2D eigenvalue weighted by Gasteiger charge is 2.31. The fraction of sp³-hybridized carbons (Fsp3) is 0.188. The lowest BCUT2D eigenvalue weighted by atomic mass is 10.00. The zero-order valence-electron chi connectivity index (χ0n) is 10.7. The summed E-state index contributed by atoms with van der Waals surface area (Å²) in [5.74, 6) is 0.285. The van der Waals surface area contributed by atoms with Crippen LogP contribution in [0.2, 0.25) is 0 Å². The summed E-state index contributed by atoms with van der Waals surface area (Å²) in [6.07, 6.45) is 0. The van der Waals surface area contributed by atoms with Crippen LogP contribution < -0.4 is 0 Å². The van der Waals surface area contributed by atoms with Crippen LogP contribution in [0.15, 0.2) is 70.7 Å². The van der Waals surface area contributed by atoms with Gasteiger partial charge in [0.05, 0.1) is 11.6 Å². The van der Waals surface area contributed by atoms with Crippen LogP contribution in [0.25, 0.3) is 0 Å². The molecule has 0 saturated heterocycles. The average Bonchev–Trinajstić information content (AvgIpc) is 2.82. The lowest BCUT2D eigenvalue weighted by Gasteiger charge is -2.14. The zero-order valence-corrected chi connectivity index (χ0v) is 11.5. The molecule has 19 heavy (non-hydrogen) atoms. The summed E-state index contributed by atoms with van der Waals surface area (Å²) in [6.45, 7) is 2.17. The first-order chi connectivity index (χ1) is 9.34. The molecule has 0 spiro atoms. The Labute approximate surface area is 117 Å². The van der Waals surface area contributed by atoms with Crippen LogP contribution in [0.3, 0.4) is 0 Å². The van der Waals surface area contributed by atoms with Gasteiger partial charge in [-0.3, -0.25) is 0 Å². The van der Waals surface area contributed by atoms with Gasteiger partial charge in [0.15, 0.2) is 5.44 Å². The van der Waals surface area contributed by atoms with E-state index in [2.05, 4.69) is 36.3 Å². The standard InChI is InChI=1S/C16H15NOS/c1-12-15(13-8-4-2-5-9-13)17-18-16(12)19-14-10-6-3-7-11-14/h2-12,16H,1H3/t12-,16+/m1/s1. The van der Waals surface area contributed by atoms with Crippen LogP contribution in [0.5, 0.6) is 0 Å². The minimum absolute atomic E-state index is 0.0533. The molecule has 2 atom stereocenters. The van der Waals surface area contributed by atoms with E-state index < -0.39 is 0 Å². The molecule has 2 nitrogen and oxygen atoms in total. The third-order valence-corrected chi connectivity index (χ3v) is 4.43. The number of oxime groups is 1. The number of rotatable bonds is 3. The normalized spacial score (nSPS) is 21.8. The molecule has 1 aliphatic rings. The summed E-state index contributed by atoms with van der Waals surface area (Å²) >= 11 is 1.72. The SMILES string of the molecule is C[C@@H]1C(c2ccccc2)=NO[C@H]1Sc1ccccc1. The van der Waals surface area contributed by atoms with Gasteiger partial charge < -0.3 is 4.84 Å². The Morgan fingerprint density at radius 2 is 1.58 bits per heavy atom. The van der Waals surface area contributed by atoms with E-state index in [-0.39, 0.29) is 11.4 Å². The Morgan fingerprint density at radius 1 is 0.947 bits per heavy atom. The molecule has 0 aromatic heterocycles. The Morgan fingerprint density at radius 3 is 2.26 bits per heavy atom. The largest absolute Gasteiger partial charge is 0.380 e. The first kappa shape index (κ1) is 12.3. The first-order valence-electron chi connectivity index (χ1n) is 6.35. The molecule has 0 aliphatic carbocycles. The van der Waals surface area contributed by atoms with Crippen molar-refractivity contribution >= 4 is 17.5 Å². The van der Waals surface area contributed by atoms with Gasteiger partial charge in [-0.25, -0.2) is 0 Å². The fourth-order valence-corrected chi connectivity index (χ4v) is 3.09. The van der Waals surface area contributed by atoms with Gasteiger partial charge in [-0.1, -0.05) is 72.4 Å². The maximum Gasteiger partial charge on any atom is 0.185 e. The quantitative estimate of drug-likeness (QED) is 0.834. The fourth-order valence-electron chi connectivity index (χ4n) is 2.09. The van der Waals surface area contributed by atoms with E-state index in [0.717, 1.165) is 11.3 Å². The predicted octanol–water partition coefficient (Wildman–Crippen LogP) is 4.18. The smallest absolute Gasteiger partial charge is 0.185 e. The van der Waals surface area contributed by atoms with Crippen molar-refractivity contribution in [3.8, 4) is 0 Å². The third-order valence-electron chi connectivity index (χ3n) is 3.16. The summed E-state index contributed by atoms with van der Waals surface area (Å²) < 4.78 is 0. The Bertz CT molecular complexity index is 568. The minimum Gasteiger partial charge on any atom is -0.380 e. The molecule has 2 aromatic rings. The van der Waals surface area contributed by atoms with Gasteiger partial charge in [0, 0.05) is 4.90 Å². The van der Waals surface area contributed by atoms with Gasteiger partial charge in [-0.15, -0.1) is 0 Å². The predicted molar refractivity (Wildman–Crippen MR) is 79.3 cm³/mol. The molecule has 0 amide bonds. The van der Waals surface area contributed by atoms with Crippen LogP contribution in [0.1, 0.15) is 12.5 Å². The van der Waals surface area contributed by atoms with Crippen LogP contribution in [0.4, 0.5) is 0 Å². The average molecular weight is 269 g/mol. The van der Waals surface area contributed by atoms with E-state index in [1.807, 2.05) is 36.4 Å². The van der Waals surface area contributed by atoms with Gasteiger partial charge in [0.25, 0.3) is 0 Å². The minimum atomic E-state index is 0.0533. The van der Waals surface area contributed by atoms with Crippen LogP contribution in [-0.4, -0.2) is 11.1 Å². The molecule has 0 N–H and O–H groups in total. The summed E-state index contributed by atoms with van der Waals surface area (Å²) in [5, 5.41) is 4.26. The van der Waals surface area contributed by atoms with E-state index in [0.29, 0.717) is 0 Å². The summed E-state index contributed by atoms with van der Waals surface area (Å²) in [7, 11) is 0. The van der Waals surface area contributed by atoms with Crippen molar-refractivity contribution in [2.45, 2.75) is 17.3 Å². The topological polar surface area (TPSA) is 21.6 Å². The molecular weight excluding hydrogens is 254 g/mol. The van der Waals surface area contributed by atoms with Gasteiger partial charge in [0.2, 0.25) is 0 Å². The van der Waals surface area contributed by atoms with Crippen molar-refractivity contribution in [3.05, 3.63) is 66.2 Å². The number of hydrogen-bond donors (Lipinski definition) is 0. The molecule has 0 unspecified atom stereocenters. The molecule has 0 radical (unpaired) electrons. The van der Waals surface area contributed by atoms with Crippen molar-refractivity contribution in [2.24, 2.45) is 11.1 Å². The molecule has 1 aliphatic heterocycles. The molecule has 0 saturated carbocycles. The molecule has 3 rings (SSSR count). The second-order valence-corrected chi connectivity index (χ2v) is 5.71. The molecular formula is C16H15NOS. The van der Waals surface area contributed by atoms with E-state index >= 15 is 0 Å². The highest BCUT2D eigenvalue weighted by atomic mass is 32.2.